The first-order valence-corrected chi connectivity index (χ1v) is 9.52. The molecule has 2 aromatic rings. The van der Waals surface area contributed by atoms with Gasteiger partial charge < -0.3 is 9.64 Å². The first-order chi connectivity index (χ1) is 13.2. The van der Waals surface area contributed by atoms with Crippen molar-refractivity contribution in [2.75, 3.05) is 33.3 Å². The summed E-state index contributed by atoms with van der Waals surface area (Å²) in [5.74, 6) is 0.861. The highest BCUT2D eigenvalue weighted by atomic mass is 19.1. The zero-order valence-corrected chi connectivity index (χ0v) is 15.9. The van der Waals surface area contributed by atoms with Gasteiger partial charge in [0.25, 0.3) is 0 Å². The smallest absolute Gasteiger partial charge is 0.222 e. The van der Waals surface area contributed by atoms with E-state index in [1.54, 1.807) is 13.2 Å². The van der Waals surface area contributed by atoms with Gasteiger partial charge in [0.15, 0.2) is 0 Å². The summed E-state index contributed by atoms with van der Waals surface area (Å²) in [6, 6.07) is 14.8. The molecule has 0 bridgehead atoms. The molecule has 0 radical (unpaired) electrons. The van der Waals surface area contributed by atoms with Crippen molar-refractivity contribution >= 4 is 5.91 Å². The van der Waals surface area contributed by atoms with Crippen LogP contribution in [0, 0.1) is 5.82 Å². The van der Waals surface area contributed by atoms with Gasteiger partial charge in [0, 0.05) is 44.7 Å². The van der Waals surface area contributed by atoms with Crippen LogP contribution in [0.15, 0.2) is 48.5 Å². The standard InChI is InChI=1S/C22H27FN2O2/c1-27-20-10-7-18(8-11-20)9-12-22(26)25-14-4-13-24(15-16-25)17-19-5-2-3-6-21(19)23/h2-3,5-8,10-11H,4,9,12-17H2,1H3. The van der Waals surface area contributed by atoms with Crippen LogP contribution in [0.25, 0.3) is 0 Å². The third kappa shape index (κ3) is 5.54. The van der Waals surface area contributed by atoms with Gasteiger partial charge in [-0.25, -0.2) is 4.39 Å². The Labute approximate surface area is 160 Å². The molecule has 0 aliphatic carbocycles. The Bertz CT molecular complexity index is 748. The minimum Gasteiger partial charge on any atom is -0.497 e. The van der Waals surface area contributed by atoms with Gasteiger partial charge >= 0.3 is 0 Å². The second-order valence-electron chi connectivity index (χ2n) is 6.95. The molecule has 3 rings (SSSR count). The van der Waals surface area contributed by atoms with Crippen LogP contribution < -0.4 is 4.74 Å². The van der Waals surface area contributed by atoms with E-state index < -0.39 is 0 Å². The van der Waals surface area contributed by atoms with Crippen LogP contribution in [0.4, 0.5) is 4.39 Å². The summed E-state index contributed by atoms with van der Waals surface area (Å²) in [6.45, 7) is 3.74. The Kier molecular flexibility index (Phi) is 6.82. The van der Waals surface area contributed by atoms with Crippen LogP contribution in [0.3, 0.4) is 0 Å². The molecule has 2 aromatic carbocycles. The minimum atomic E-state index is -0.158. The van der Waals surface area contributed by atoms with E-state index in [2.05, 4.69) is 4.90 Å². The summed E-state index contributed by atoms with van der Waals surface area (Å²) in [6.07, 6.45) is 2.17. The maximum atomic E-state index is 13.9. The number of amides is 1. The van der Waals surface area contributed by atoms with E-state index in [9.17, 15) is 9.18 Å². The second kappa shape index (κ2) is 9.51. The molecule has 1 heterocycles. The molecular formula is C22H27FN2O2. The molecule has 0 saturated carbocycles. The molecule has 0 aromatic heterocycles. The van der Waals surface area contributed by atoms with E-state index >= 15 is 0 Å². The monoisotopic (exact) mass is 370 g/mol. The van der Waals surface area contributed by atoms with Crippen molar-refractivity contribution in [3.63, 3.8) is 0 Å². The molecule has 1 amide bonds. The topological polar surface area (TPSA) is 32.8 Å². The Morgan fingerprint density at radius 3 is 2.56 bits per heavy atom. The second-order valence-corrected chi connectivity index (χ2v) is 6.95. The van der Waals surface area contributed by atoms with Gasteiger partial charge in [-0.1, -0.05) is 30.3 Å². The highest BCUT2D eigenvalue weighted by molar-refractivity contribution is 5.76. The molecule has 0 atom stereocenters. The van der Waals surface area contributed by atoms with Crippen molar-refractivity contribution in [1.82, 2.24) is 9.80 Å². The lowest BCUT2D eigenvalue weighted by Gasteiger charge is -2.22. The number of nitrogens with zero attached hydrogens (tertiary/aromatic N) is 2. The number of aryl methyl sites for hydroxylation is 1. The molecule has 0 spiro atoms. The predicted molar refractivity (Wildman–Crippen MR) is 104 cm³/mol. The fraction of sp³-hybridized carbons (Fsp3) is 0.409. The summed E-state index contributed by atoms with van der Waals surface area (Å²) in [5, 5.41) is 0. The van der Waals surface area contributed by atoms with E-state index in [-0.39, 0.29) is 11.7 Å². The Morgan fingerprint density at radius 1 is 1.04 bits per heavy atom. The van der Waals surface area contributed by atoms with Gasteiger partial charge in [-0.05, 0) is 36.6 Å². The highest BCUT2D eigenvalue weighted by Gasteiger charge is 2.19. The number of carbonyl (C=O) groups excluding carboxylic acids is 1. The maximum absolute atomic E-state index is 13.9. The lowest BCUT2D eigenvalue weighted by atomic mass is 10.1. The van der Waals surface area contributed by atoms with Crippen molar-refractivity contribution in [2.45, 2.75) is 25.8 Å². The molecule has 0 N–H and O–H groups in total. The van der Waals surface area contributed by atoms with E-state index in [4.69, 9.17) is 4.74 Å². The number of benzene rings is 2. The molecule has 4 nitrogen and oxygen atoms in total. The van der Waals surface area contributed by atoms with Gasteiger partial charge in [-0.15, -0.1) is 0 Å². The summed E-state index contributed by atoms with van der Waals surface area (Å²) >= 11 is 0. The molecule has 1 fully saturated rings. The van der Waals surface area contributed by atoms with Gasteiger partial charge in [0.1, 0.15) is 11.6 Å². The largest absolute Gasteiger partial charge is 0.497 e. The molecule has 27 heavy (non-hydrogen) atoms. The van der Waals surface area contributed by atoms with Crippen molar-refractivity contribution in [2.24, 2.45) is 0 Å². The molecule has 1 saturated heterocycles. The van der Waals surface area contributed by atoms with Crippen LogP contribution in [-0.4, -0.2) is 49.0 Å². The van der Waals surface area contributed by atoms with Gasteiger partial charge in [0.05, 0.1) is 7.11 Å². The van der Waals surface area contributed by atoms with Crippen LogP contribution in [-0.2, 0) is 17.8 Å². The normalized spacial score (nSPS) is 15.4. The molecule has 1 aliphatic heterocycles. The predicted octanol–water partition coefficient (Wildman–Crippen LogP) is 3.50. The average molecular weight is 370 g/mol. The van der Waals surface area contributed by atoms with Crippen LogP contribution >= 0.6 is 0 Å². The zero-order valence-electron chi connectivity index (χ0n) is 15.9. The fourth-order valence-corrected chi connectivity index (χ4v) is 3.45. The Morgan fingerprint density at radius 2 is 1.81 bits per heavy atom. The van der Waals surface area contributed by atoms with Gasteiger partial charge in [-0.3, -0.25) is 9.69 Å². The minimum absolute atomic E-state index is 0.158. The van der Waals surface area contributed by atoms with Crippen LogP contribution in [0.2, 0.25) is 0 Å². The lowest BCUT2D eigenvalue weighted by Crippen LogP contribution is -2.35. The summed E-state index contributed by atoms with van der Waals surface area (Å²) in [5.41, 5.74) is 1.86. The molecule has 0 unspecified atom stereocenters. The number of ether oxygens (including phenoxy) is 1. The van der Waals surface area contributed by atoms with Crippen LogP contribution in [0.5, 0.6) is 5.75 Å². The van der Waals surface area contributed by atoms with Gasteiger partial charge in [-0.2, -0.15) is 0 Å². The van der Waals surface area contributed by atoms with Crippen molar-refractivity contribution in [1.29, 1.82) is 0 Å². The third-order valence-corrected chi connectivity index (χ3v) is 5.08. The average Bonchev–Trinajstić information content (AvgIpc) is 2.94. The van der Waals surface area contributed by atoms with Crippen molar-refractivity contribution in [3.05, 3.63) is 65.5 Å². The number of rotatable bonds is 6. The molecule has 1 aliphatic rings. The van der Waals surface area contributed by atoms with Crippen LogP contribution in [0.1, 0.15) is 24.0 Å². The van der Waals surface area contributed by atoms with E-state index in [0.717, 1.165) is 49.4 Å². The first kappa shape index (κ1) is 19.4. The number of carbonyl (C=O) groups is 1. The van der Waals surface area contributed by atoms with E-state index in [1.165, 1.54) is 6.07 Å². The number of methoxy groups -OCH3 is 1. The molecule has 144 valence electrons. The summed E-state index contributed by atoms with van der Waals surface area (Å²) < 4.78 is 19.0. The van der Waals surface area contributed by atoms with E-state index in [0.29, 0.717) is 19.5 Å². The quantitative estimate of drug-likeness (QED) is 0.780. The van der Waals surface area contributed by atoms with E-state index in [1.807, 2.05) is 41.3 Å². The molecule has 5 heteroatoms. The first-order valence-electron chi connectivity index (χ1n) is 9.52. The molecular weight excluding hydrogens is 343 g/mol. The number of halogens is 1. The lowest BCUT2D eigenvalue weighted by molar-refractivity contribution is -0.131. The highest BCUT2D eigenvalue weighted by Crippen LogP contribution is 2.15. The summed E-state index contributed by atoms with van der Waals surface area (Å²) in [4.78, 5) is 16.8. The number of hydrogen-bond acceptors (Lipinski definition) is 3. The van der Waals surface area contributed by atoms with Crippen molar-refractivity contribution in [3.8, 4) is 5.75 Å². The van der Waals surface area contributed by atoms with Crippen molar-refractivity contribution < 1.29 is 13.9 Å². The summed E-state index contributed by atoms with van der Waals surface area (Å²) in [7, 11) is 1.65. The SMILES string of the molecule is COc1ccc(CCC(=O)N2CCCN(Cc3ccccc3F)CC2)cc1. The Hall–Kier alpha value is -2.40. The fourth-order valence-electron chi connectivity index (χ4n) is 3.45. The zero-order chi connectivity index (χ0) is 19.1. The Balaban J connectivity index is 1.48. The maximum Gasteiger partial charge on any atom is 0.222 e. The van der Waals surface area contributed by atoms with Gasteiger partial charge in [0.2, 0.25) is 5.91 Å². The third-order valence-electron chi connectivity index (χ3n) is 5.08. The number of hydrogen-bond donors (Lipinski definition) is 0.